The summed E-state index contributed by atoms with van der Waals surface area (Å²) < 4.78 is 11.0. The van der Waals surface area contributed by atoms with Crippen molar-refractivity contribution in [2.45, 2.75) is 24.3 Å². The first-order valence-electron chi connectivity index (χ1n) is 10.6. The summed E-state index contributed by atoms with van der Waals surface area (Å²) in [6.07, 6.45) is 0.881. The molecule has 2 N–H and O–H groups in total. The average Bonchev–Trinajstić information content (AvgIpc) is 3.33. The van der Waals surface area contributed by atoms with Crippen LogP contribution in [0.1, 0.15) is 34.6 Å². The van der Waals surface area contributed by atoms with Crippen LogP contribution in [0.25, 0.3) is 11.1 Å². The van der Waals surface area contributed by atoms with Gasteiger partial charge in [-0.1, -0.05) is 54.6 Å². The molecule has 5 nitrogen and oxygen atoms in total. The number of hydrogen-bond donors (Lipinski definition) is 2. The molecule has 0 spiro atoms. The highest BCUT2D eigenvalue weighted by atomic mass is 16.5. The van der Waals surface area contributed by atoms with Crippen molar-refractivity contribution >= 4 is 6.09 Å². The van der Waals surface area contributed by atoms with Gasteiger partial charge in [-0.25, -0.2) is 4.79 Å². The first-order valence-corrected chi connectivity index (χ1v) is 10.6. The topological polar surface area (TPSA) is 67.8 Å². The smallest absolute Gasteiger partial charge is 0.407 e. The van der Waals surface area contributed by atoms with E-state index < -0.39 is 11.6 Å². The third kappa shape index (κ3) is 3.26. The number of alkyl carbamates (subject to hydrolysis) is 1. The molecule has 3 aromatic carbocycles. The van der Waals surface area contributed by atoms with Crippen molar-refractivity contribution < 1.29 is 19.4 Å². The van der Waals surface area contributed by atoms with Gasteiger partial charge in [-0.2, -0.15) is 0 Å². The summed E-state index contributed by atoms with van der Waals surface area (Å²) in [5.41, 5.74) is 5.86. The molecule has 1 atom stereocenters. The molecule has 5 heteroatoms. The molecule has 5 rings (SSSR count). The Hall–Kier alpha value is -3.31. The van der Waals surface area contributed by atoms with Crippen molar-refractivity contribution in [3.63, 3.8) is 0 Å². The van der Waals surface area contributed by atoms with Crippen LogP contribution in [-0.2, 0) is 16.7 Å². The van der Waals surface area contributed by atoms with Crippen molar-refractivity contribution in [2.75, 3.05) is 20.3 Å². The van der Waals surface area contributed by atoms with Crippen molar-refractivity contribution in [1.82, 2.24) is 5.32 Å². The predicted molar refractivity (Wildman–Crippen MR) is 118 cm³/mol. The number of carbonyl (C=O) groups is 1. The van der Waals surface area contributed by atoms with Gasteiger partial charge in [0.05, 0.1) is 19.3 Å². The Morgan fingerprint density at radius 3 is 2.39 bits per heavy atom. The number of aryl methyl sites for hydroxylation is 1. The van der Waals surface area contributed by atoms with Crippen LogP contribution in [0, 0.1) is 0 Å². The van der Waals surface area contributed by atoms with Gasteiger partial charge in [0.25, 0.3) is 0 Å². The van der Waals surface area contributed by atoms with Crippen molar-refractivity contribution in [3.8, 4) is 16.9 Å². The van der Waals surface area contributed by atoms with E-state index in [0.717, 1.165) is 17.5 Å². The Bertz CT molecular complexity index is 1100. The third-order valence-corrected chi connectivity index (χ3v) is 6.61. The number of fused-ring (bicyclic) bond motifs is 4. The van der Waals surface area contributed by atoms with E-state index in [4.69, 9.17) is 9.47 Å². The lowest BCUT2D eigenvalue weighted by Crippen LogP contribution is -2.47. The minimum absolute atomic E-state index is 0.000755. The monoisotopic (exact) mass is 415 g/mol. The second-order valence-electron chi connectivity index (χ2n) is 8.21. The summed E-state index contributed by atoms with van der Waals surface area (Å²) in [6, 6.07) is 22.3. The standard InChI is InChI=1S/C26H25NO4/c1-30-18-11-10-17-12-13-26(16-28,24(17)14-18)27-25(29)31-15-23-21-8-4-2-6-19(21)20-7-3-5-9-22(20)23/h2-11,14,23,28H,12-13,15-16H2,1H3,(H,27,29). The summed E-state index contributed by atoms with van der Waals surface area (Å²) in [5.74, 6) is 0.701. The highest BCUT2D eigenvalue weighted by Gasteiger charge is 2.41. The predicted octanol–water partition coefficient (Wildman–Crippen LogP) is 4.37. The van der Waals surface area contributed by atoms with E-state index in [1.807, 2.05) is 42.5 Å². The molecule has 2 aliphatic carbocycles. The van der Waals surface area contributed by atoms with Crippen LogP contribution >= 0.6 is 0 Å². The highest BCUT2D eigenvalue weighted by molar-refractivity contribution is 5.79. The van der Waals surface area contributed by atoms with Gasteiger partial charge in [0.1, 0.15) is 12.4 Å². The molecule has 1 unspecified atom stereocenters. The number of carbonyl (C=O) groups excluding carboxylic acids is 1. The summed E-state index contributed by atoms with van der Waals surface area (Å²) >= 11 is 0. The molecule has 0 saturated heterocycles. The van der Waals surface area contributed by atoms with E-state index in [1.165, 1.54) is 22.3 Å². The van der Waals surface area contributed by atoms with E-state index in [-0.39, 0.29) is 19.1 Å². The fourth-order valence-electron chi connectivity index (χ4n) is 4.99. The molecule has 3 aromatic rings. The Labute approximate surface area is 181 Å². The third-order valence-electron chi connectivity index (χ3n) is 6.61. The fourth-order valence-corrected chi connectivity index (χ4v) is 4.99. The summed E-state index contributed by atoms with van der Waals surface area (Å²) in [7, 11) is 1.61. The molecule has 0 saturated carbocycles. The van der Waals surface area contributed by atoms with Crippen molar-refractivity contribution in [1.29, 1.82) is 0 Å². The quantitative estimate of drug-likeness (QED) is 0.649. The Kier molecular flexibility index (Phi) is 4.91. The summed E-state index contributed by atoms with van der Waals surface area (Å²) in [6.45, 7) is 0.0453. The molecule has 2 aliphatic rings. The molecule has 0 heterocycles. The number of methoxy groups -OCH3 is 1. The molecule has 0 bridgehead atoms. The Morgan fingerprint density at radius 1 is 1.06 bits per heavy atom. The molecule has 158 valence electrons. The molecule has 0 radical (unpaired) electrons. The summed E-state index contributed by atoms with van der Waals surface area (Å²) in [5, 5.41) is 13.2. The Balaban J connectivity index is 1.34. The lowest BCUT2D eigenvalue weighted by Gasteiger charge is -2.29. The largest absolute Gasteiger partial charge is 0.497 e. The van der Waals surface area contributed by atoms with Crippen LogP contribution in [0.5, 0.6) is 5.75 Å². The van der Waals surface area contributed by atoms with Crippen LogP contribution in [0.3, 0.4) is 0 Å². The molecule has 1 amide bonds. The minimum Gasteiger partial charge on any atom is -0.497 e. The van der Waals surface area contributed by atoms with E-state index in [0.29, 0.717) is 12.2 Å². The summed E-state index contributed by atoms with van der Waals surface area (Å²) in [4.78, 5) is 12.8. The molecular formula is C26H25NO4. The minimum atomic E-state index is -0.855. The second kappa shape index (κ2) is 7.75. The van der Waals surface area contributed by atoms with Gasteiger partial charge in [0, 0.05) is 5.92 Å². The average molecular weight is 415 g/mol. The van der Waals surface area contributed by atoms with Crippen LogP contribution < -0.4 is 10.1 Å². The molecular weight excluding hydrogens is 390 g/mol. The zero-order valence-electron chi connectivity index (χ0n) is 17.4. The zero-order valence-corrected chi connectivity index (χ0v) is 17.4. The number of amides is 1. The number of nitrogens with one attached hydrogen (secondary N) is 1. The van der Waals surface area contributed by atoms with Gasteiger partial charge in [-0.15, -0.1) is 0 Å². The van der Waals surface area contributed by atoms with E-state index in [2.05, 4.69) is 29.6 Å². The SMILES string of the molecule is COc1ccc2c(c1)C(CO)(NC(=O)OCC1c3ccccc3-c3ccccc31)CC2. The van der Waals surface area contributed by atoms with Gasteiger partial charge < -0.3 is 19.9 Å². The van der Waals surface area contributed by atoms with Crippen LogP contribution in [-0.4, -0.2) is 31.5 Å². The first kappa shape index (κ1) is 19.6. The van der Waals surface area contributed by atoms with E-state index in [9.17, 15) is 9.90 Å². The van der Waals surface area contributed by atoms with Crippen LogP contribution in [0.2, 0.25) is 0 Å². The fraction of sp³-hybridized carbons (Fsp3) is 0.269. The van der Waals surface area contributed by atoms with Gasteiger partial charge >= 0.3 is 6.09 Å². The van der Waals surface area contributed by atoms with E-state index in [1.54, 1.807) is 7.11 Å². The second-order valence-corrected chi connectivity index (χ2v) is 8.21. The molecule has 31 heavy (non-hydrogen) atoms. The number of benzene rings is 3. The lowest BCUT2D eigenvalue weighted by molar-refractivity contribution is 0.108. The normalized spacial score (nSPS) is 18.8. The maximum absolute atomic E-state index is 12.8. The Morgan fingerprint density at radius 2 is 1.74 bits per heavy atom. The first-order chi connectivity index (χ1) is 15.1. The van der Waals surface area contributed by atoms with Gasteiger partial charge in [-0.3, -0.25) is 0 Å². The van der Waals surface area contributed by atoms with Gasteiger partial charge in [-0.05, 0) is 58.4 Å². The van der Waals surface area contributed by atoms with Gasteiger partial charge in [0.2, 0.25) is 0 Å². The van der Waals surface area contributed by atoms with Crippen molar-refractivity contribution in [2.24, 2.45) is 0 Å². The van der Waals surface area contributed by atoms with E-state index >= 15 is 0 Å². The number of aliphatic hydroxyl groups excluding tert-OH is 1. The highest BCUT2D eigenvalue weighted by Crippen LogP contribution is 2.44. The van der Waals surface area contributed by atoms with Crippen LogP contribution in [0.15, 0.2) is 66.7 Å². The molecule has 0 aliphatic heterocycles. The number of ether oxygens (including phenoxy) is 2. The molecule has 0 aromatic heterocycles. The maximum Gasteiger partial charge on any atom is 0.407 e. The maximum atomic E-state index is 12.8. The molecule has 0 fully saturated rings. The van der Waals surface area contributed by atoms with Crippen molar-refractivity contribution in [3.05, 3.63) is 89.0 Å². The van der Waals surface area contributed by atoms with Gasteiger partial charge in [0.15, 0.2) is 0 Å². The lowest BCUT2D eigenvalue weighted by atomic mass is 9.92. The zero-order chi connectivity index (χ0) is 21.4. The number of aliphatic hydroxyl groups is 1. The number of rotatable bonds is 5. The number of hydrogen-bond acceptors (Lipinski definition) is 4. The van der Waals surface area contributed by atoms with Crippen LogP contribution in [0.4, 0.5) is 4.79 Å².